The van der Waals surface area contributed by atoms with Crippen LogP contribution in [-0.4, -0.2) is 30.8 Å². The summed E-state index contributed by atoms with van der Waals surface area (Å²) in [5.41, 5.74) is 1.30. The molecule has 3 rings (SSSR count). The van der Waals surface area contributed by atoms with Gasteiger partial charge in [0.2, 0.25) is 0 Å². The Morgan fingerprint density at radius 2 is 1.22 bits per heavy atom. The van der Waals surface area contributed by atoms with Crippen molar-refractivity contribution in [3.63, 3.8) is 0 Å². The SMILES string of the molecule is COC(=O)c1cc(-c2ccc(OC(F)(F)F)cc2)cnc1-c1ccc(OC(F)(F)F)cc1. The van der Waals surface area contributed by atoms with Crippen LogP contribution in [0.4, 0.5) is 26.3 Å². The second kappa shape index (κ2) is 8.77. The van der Waals surface area contributed by atoms with Gasteiger partial charge < -0.3 is 14.2 Å². The molecular weight excluding hydrogens is 444 g/mol. The van der Waals surface area contributed by atoms with Crippen LogP contribution >= 0.6 is 0 Å². The van der Waals surface area contributed by atoms with Crippen molar-refractivity contribution in [2.24, 2.45) is 0 Å². The lowest BCUT2D eigenvalue weighted by molar-refractivity contribution is -0.275. The highest BCUT2D eigenvalue weighted by molar-refractivity contribution is 5.97. The first-order valence-corrected chi connectivity index (χ1v) is 8.76. The highest BCUT2D eigenvalue weighted by atomic mass is 19.4. The van der Waals surface area contributed by atoms with Crippen molar-refractivity contribution >= 4 is 5.97 Å². The normalized spacial score (nSPS) is 11.7. The molecule has 0 aliphatic carbocycles. The van der Waals surface area contributed by atoms with E-state index in [0.29, 0.717) is 16.7 Å². The summed E-state index contributed by atoms with van der Waals surface area (Å²) in [6.07, 6.45) is -8.32. The molecule has 3 aromatic rings. The van der Waals surface area contributed by atoms with Gasteiger partial charge in [-0.25, -0.2) is 4.79 Å². The molecule has 11 heteroatoms. The number of aromatic nitrogens is 1. The lowest BCUT2D eigenvalue weighted by atomic mass is 10.0. The first-order chi connectivity index (χ1) is 14.9. The van der Waals surface area contributed by atoms with Crippen LogP contribution in [0.2, 0.25) is 0 Å². The summed E-state index contributed by atoms with van der Waals surface area (Å²) in [4.78, 5) is 16.5. The highest BCUT2D eigenvalue weighted by Gasteiger charge is 2.31. The van der Waals surface area contributed by atoms with Crippen LogP contribution in [0.1, 0.15) is 10.4 Å². The van der Waals surface area contributed by atoms with Gasteiger partial charge in [-0.05, 0) is 48.0 Å². The fraction of sp³-hybridized carbons (Fsp3) is 0.143. The molecule has 0 atom stereocenters. The summed E-state index contributed by atoms with van der Waals surface area (Å²) in [5, 5.41) is 0. The number of rotatable bonds is 5. The number of carbonyl (C=O) groups excluding carboxylic acids is 1. The van der Waals surface area contributed by atoms with Gasteiger partial charge in [0.05, 0.1) is 18.4 Å². The third-order valence-corrected chi connectivity index (χ3v) is 4.08. The number of carbonyl (C=O) groups is 1. The topological polar surface area (TPSA) is 57.7 Å². The Balaban J connectivity index is 1.94. The maximum atomic E-state index is 12.3. The molecule has 2 aromatic carbocycles. The number of halogens is 6. The molecule has 0 spiro atoms. The Bertz CT molecular complexity index is 1090. The zero-order chi connectivity index (χ0) is 23.5. The van der Waals surface area contributed by atoms with Gasteiger partial charge >= 0.3 is 18.7 Å². The molecule has 0 bridgehead atoms. The predicted octanol–water partition coefficient (Wildman–Crippen LogP) is 6.00. The molecule has 168 valence electrons. The number of methoxy groups -OCH3 is 1. The van der Waals surface area contributed by atoms with Crippen LogP contribution in [0.5, 0.6) is 11.5 Å². The van der Waals surface area contributed by atoms with E-state index in [0.717, 1.165) is 31.4 Å². The van der Waals surface area contributed by atoms with Crippen LogP contribution in [-0.2, 0) is 4.74 Å². The van der Waals surface area contributed by atoms with E-state index in [1.807, 2.05) is 0 Å². The number of pyridine rings is 1. The van der Waals surface area contributed by atoms with E-state index >= 15 is 0 Å². The van der Waals surface area contributed by atoms with E-state index in [2.05, 4.69) is 14.5 Å². The molecular formula is C21H13F6NO4. The minimum atomic E-state index is -4.85. The summed E-state index contributed by atoms with van der Waals surface area (Å²) in [7, 11) is 1.14. The highest BCUT2D eigenvalue weighted by Crippen LogP contribution is 2.31. The first-order valence-electron chi connectivity index (χ1n) is 8.76. The molecule has 0 radical (unpaired) electrons. The van der Waals surface area contributed by atoms with Crippen LogP contribution < -0.4 is 9.47 Å². The molecule has 0 amide bonds. The molecule has 0 N–H and O–H groups in total. The molecule has 0 fully saturated rings. The third kappa shape index (κ3) is 5.90. The van der Waals surface area contributed by atoms with Gasteiger partial charge in [0.25, 0.3) is 0 Å². The second-order valence-electron chi connectivity index (χ2n) is 6.26. The number of nitrogens with zero attached hydrogens (tertiary/aromatic N) is 1. The van der Waals surface area contributed by atoms with Crippen molar-refractivity contribution in [3.8, 4) is 33.9 Å². The summed E-state index contributed by atoms with van der Waals surface area (Å²) in [6, 6.07) is 11.0. The molecule has 0 saturated heterocycles. The van der Waals surface area contributed by atoms with Crippen molar-refractivity contribution in [3.05, 3.63) is 66.4 Å². The average molecular weight is 457 g/mol. The Labute approximate surface area is 177 Å². The van der Waals surface area contributed by atoms with Gasteiger partial charge in [0.1, 0.15) is 11.5 Å². The smallest absolute Gasteiger partial charge is 0.465 e. The summed E-state index contributed by atoms with van der Waals surface area (Å²) < 4.78 is 86.3. The maximum Gasteiger partial charge on any atom is 0.573 e. The Kier molecular flexibility index (Phi) is 6.28. The largest absolute Gasteiger partial charge is 0.573 e. The number of hydrogen-bond donors (Lipinski definition) is 0. The van der Waals surface area contributed by atoms with Gasteiger partial charge in [-0.1, -0.05) is 12.1 Å². The van der Waals surface area contributed by atoms with Crippen molar-refractivity contribution in [1.82, 2.24) is 4.98 Å². The number of esters is 1. The summed E-state index contributed by atoms with van der Waals surface area (Å²) in [6.45, 7) is 0. The molecule has 0 aliphatic rings. The van der Waals surface area contributed by atoms with Crippen LogP contribution in [0.25, 0.3) is 22.4 Å². The minimum absolute atomic E-state index is 0.00473. The molecule has 1 aromatic heterocycles. The monoisotopic (exact) mass is 457 g/mol. The number of alkyl halides is 6. The van der Waals surface area contributed by atoms with Crippen molar-refractivity contribution in [2.45, 2.75) is 12.7 Å². The molecule has 0 saturated carbocycles. The van der Waals surface area contributed by atoms with Crippen LogP contribution in [0.15, 0.2) is 60.8 Å². The van der Waals surface area contributed by atoms with Crippen molar-refractivity contribution in [2.75, 3.05) is 7.11 Å². The van der Waals surface area contributed by atoms with Gasteiger partial charge in [0.15, 0.2) is 0 Å². The minimum Gasteiger partial charge on any atom is -0.465 e. The fourth-order valence-corrected chi connectivity index (χ4v) is 2.78. The van der Waals surface area contributed by atoms with Gasteiger partial charge in [0, 0.05) is 17.3 Å². The Morgan fingerprint density at radius 1 is 0.750 bits per heavy atom. The van der Waals surface area contributed by atoms with Crippen LogP contribution in [0, 0.1) is 0 Å². The number of hydrogen-bond acceptors (Lipinski definition) is 5. The number of benzene rings is 2. The molecule has 0 aliphatic heterocycles. The van der Waals surface area contributed by atoms with E-state index < -0.39 is 30.2 Å². The predicted molar refractivity (Wildman–Crippen MR) is 99.8 cm³/mol. The third-order valence-electron chi connectivity index (χ3n) is 4.08. The lowest BCUT2D eigenvalue weighted by Gasteiger charge is -2.12. The molecule has 0 unspecified atom stereocenters. The lowest BCUT2D eigenvalue weighted by Crippen LogP contribution is -2.17. The standard InChI is InChI=1S/C21H13F6NO4/c1-30-19(29)17-10-14(12-2-6-15(7-3-12)31-20(22,23)24)11-28-18(17)13-4-8-16(9-5-13)32-21(25,26)27/h2-11H,1H3. The average Bonchev–Trinajstić information content (AvgIpc) is 2.72. The van der Waals surface area contributed by atoms with Crippen molar-refractivity contribution in [1.29, 1.82) is 0 Å². The van der Waals surface area contributed by atoms with E-state index in [-0.39, 0.29) is 11.3 Å². The van der Waals surface area contributed by atoms with E-state index in [4.69, 9.17) is 4.74 Å². The second-order valence-corrected chi connectivity index (χ2v) is 6.26. The van der Waals surface area contributed by atoms with E-state index in [1.165, 1.54) is 36.5 Å². The quantitative estimate of drug-likeness (QED) is 0.348. The first kappa shape index (κ1) is 22.9. The fourth-order valence-electron chi connectivity index (χ4n) is 2.78. The molecule has 32 heavy (non-hydrogen) atoms. The number of ether oxygens (including phenoxy) is 3. The van der Waals surface area contributed by atoms with Crippen molar-refractivity contribution < 1.29 is 45.3 Å². The van der Waals surface area contributed by atoms with Gasteiger partial charge in [-0.2, -0.15) is 0 Å². The van der Waals surface area contributed by atoms with Gasteiger partial charge in [-0.3, -0.25) is 4.98 Å². The Hall–Kier alpha value is -3.76. The van der Waals surface area contributed by atoms with E-state index in [9.17, 15) is 31.1 Å². The molecule has 5 nitrogen and oxygen atoms in total. The summed E-state index contributed by atoms with van der Waals surface area (Å²) in [5.74, 6) is -1.62. The van der Waals surface area contributed by atoms with Crippen LogP contribution in [0.3, 0.4) is 0 Å². The Morgan fingerprint density at radius 3 is 1.66 bits per heavy atom. The zero-order valence-electron chi connectivity index (χ0n) is 16.1. The van der Waals surface area contributed by atoms with E-state index in [1.54, 1.807) is 0 Å². The zero-order valence-corrected chi connectivity index (χ0v) is 16.1. The molecule has 1 heterocycles. The maximum absolute atomic E-state index is 12.3. The summed E-state index contributed by atoms with van der Waals surface area (Å²) >= 11 is 0. The van der Waals surface area contributed by atoms with Gasteiger partial charge in [-0.15, -0.1) is 26.3 Å².